The average Bonchev–Trinajstić information content (AvgIpc) is 2.40. The molecule has 0 fully saturated rings. The van der Waals surface area contributed by atoms with Gasteiger partial charge in [-0.2, -0.15) is 5.26 Å². The quantitative estimate of drug-likeness (QED) is 0.768. The number of ether oxygens (including phenoxy) is 1. The van der Waals surface area contributed by atoms with Crippen LogP contribution in [0, 0.1) is 23.0 Å². The van der Waals surface area contributed by atoms with Gasteiger partial charge in [-0.3, -0.25) is 4.79 Å². The Kier molecular flexibility index (Phi) is 5.24. The van der Waals surface area contributed by atoms with Gasteiger partial charge in [0.1, 0.15) is 12.6 Å². The SMILES string of the molecule is CCOC(=O)CN(CC)c1ccc(C#N)c(F)c1F. The Hall–Kier alpha value is -2.16. The zero-order valence-corrected chi connectivity index (χ0v) is 10.7. The molecular weight excluding hydrogens is 254 g/mol. The monoisotopic (exact) mass is 268 g/mol. The van der Waals surface area contributed by atoms with Crippen LogP contribution in [-0.2, 0) is 9.53 Å². The van der Waals surface area contributed by atoms with Gasteiger partial charge in [-0.25, -0.2) is 8.78 Å². The standard InChI is InChI=1S/C13H14F2N2O2/c1-3-17(8-11(18)19-4-2)10-6-5-9(7-16)12(14)13(10)15/h5-6H,3-4,8H2,1-2H3. The molecule has 0 bridgehead atoms. The van der Waals surface area contributed by atoms with E-state index in [1.165, 1.54) is 17.0 Å². The van der Waals surface area contributed by atoms with E-state index in [-0.39, 0.29) is 24.4 Å². The number of likely N-dealkylation sites (N-methyl/N-ethyl adjacent to an activating group) is 1. The van der Waals surface area contributed by atoms with Crippen molar-refractivity contribution in [3.8, 4) is 6.07 Å². The first-order valence-corrected chi connectivity index (χ1v) is 5.83. The summed E-state index contributed by atoms with van der Waals surface area (Å²) >= 11 is 0. The largest absolute Gasteiger partial charge is 0.465 e. The van der Waals surface area contributed by atoms with Crippen LogP contribution in [0.3, 0.4) is 0 Å². The molecule has 4 nitrogen and oxygen atoms in total. The second-order valence-corrected chi connectivity index (χ2v) is 3.69. The lowest BCUT2D eigenvalue weighted by Gasteiger charge is -2.22. The van der Waals surface area contributed by atoms with E-state index < -0.39 is 17.6 Å². The van der Waals surface area contributed by atoms with Gasteiger partial charge in [0, 0.05) is 6.54 Å². The lowest BCUT2D eigenvalue weighted by Crippen LogP contribution is -2.31. The summed E-state index contributed by atoms with van der Waals surface area (Å²) in [6.07, 6.45) is 0. The van der Waals surface area contributed by atoms with E-state index in [2.05, 4.69) is 0 Å². The van der Waals surface area contributed by atoms with Crippen molar-refractivity contribution < 1.29 is 18.3 Å². The highest BCUT2D eigenvalue weighted by Gasteiger charge is 2.19. The molecular formula is C13H14F2N2O2. The van der Waals surface area contributed by atoms with Crippen molar-refractivity contribution in [1.82, 2.24) is 0 Å². The highest BCUT2D eigenvalue weighted by atomic mass is 19.2. The lowest BCUT2D eigenvalue weighted by atomic mass is 10.2. The van der Waals surface area contributed by atoms with Crippen LogP contribution in [0.2, 0.25) is 0 Å². The van der Waals surface area contributed by atoms with Gasteiger partial charge in [0.15, 0.2) is 11.6 Å². The molecule has 1 aromatic rings. The topological polar surface area (TPSA) is 53.3 Å². The average molecular weight is 268 g/mol. The summed E-state index contributed by atoms with van der Waals surface area (Å²) in [5.74, 6) is -2.86. The predicted molar refractivity (Wildman–Crippen MR) is 65.6 cm³/mol. The van der Waals surface area contributed by atoms with E-state index in [4.69, 9.17) is 10.00 Å². The number of anilines is 1. The van der Waals surface area contributed by atoms with Gasteiger partial charge in [-0.1, -0.05) is 0 Å². The highest BCUT2D eigenvalue weighted by molar-refractivity contribution is 5.76. The normalized spacial score (nSPS) is 9.84. The summed E-state index contributed by atoms with van der Waals surface area (Å²) in [4.78, 5) is 12.7. The van der Waals surface area contributed by atoms with Gasteiger partial charge in [0.05, 0.1) is 17.9 Å². The van der Waals surface area contributed by atoms with E-state index in [0.29, 0.717) is 6.54 Å². The van der Waals surface area contributed by atoms with E-state index in [1.54, 1.807) is 19.9 Å². The maximum Gasteiger partial charge on any atom is 0.325 e. The molecule has 0 aliphatic heterocycles. The Labute approximate surface area is 110 Å². The smallest absolute Gasteiger partial charge is 0.325 e. The number of hydrogen-bond acceptors (Lipinski definition) is 4. The molecule has 0 atom stereocenters. The van der Waals surface area contributed by atoms with Gasteiger partial charge >= 0.3 is 5.97 Å². The van der Waals surface area contributed by atoms with Crippen molar-refractivity contribution in [2.24, 2.45) is 0 Å². The molecule has 1 rings (SSSR count). The van der Waals surface area contributed by atoms with Gasteiger partial charge < -0.3 is 9.64 Å². The number of nitriles is 1. The summed E-state index contributed by atoms with van der Waals surface area (Å²) in [7, 11) is 0. The second kappa shape index (κ2) is 6.69. The first kappa shape index (κ1) is 14.9. The minimum absolute atomic E-state index is 0.0629. The van der Waals surface area contributed by atoms with Gasteiger partial charge in [-0.15, -0.1) is 0 Å². The third-order valence-electron chi connectivity index (χ3n) is 2.53. The molecule has 0 spiro atoms. The molecule has 0 heterocycles. The number of hydrogen-bond donors (Lipinski definition) is 0. The summed E-state index contributed by atoms with van der Waals surface area (Å²) < 4.78 is 32.1. The number of halogens is 2. The molecule has 0 saturated heterocycles. The van der Waals surface area contributed by atoms with E-state index in [9.17, 15) is 13.6 Å². The third-order valence-corrected chi connectivity index (χ3v) is 2.53. The molecule has 0 aromatic heterocycles. The van der Waals surface area contributed by atoms with Crippen LogP contribution in [-0.4, -0.2) is 25.7 Å². The Morgan fingerprint density at radius 2 is 2.05 bits per heavy atom. The fraction of sp³-hybridized carbons (Fsp3) is 0.385. The van der Waals surface area contributed by atoms with Crippen molar-refractivity contribution in [3.05, 3.63) is 29.3 Å². The van der Waals surface area contributed by atoms with Gasteiger partial charge in [0.2, 0.25) is 0 Å². The van der Waals surface area contributed by atoms with Crippen LogP contribution in [0.25, 0.3) is 0 Å². The Morgan fingerprint density at radius 3 is 2.58 bits per heavy atom. The van der Waals surface area contributed by atoms with Crippen LogP contribution < -0.4 is 4.90 Å². The lowest BCUT2D eigenvalue weighted by molar-refractivity contribution is -0.141. The molecule has 0 saturated carbocycles. The fourth-order valence-electron chi connectivity index (χ4n) is 1.60. The van der Waals surface area contributed by atoms with Crippen molar-refractivity contribution in [3.63, 3.8) is 0 Å². The fourth-order valence-corrected chi connectivity index (χ4v) is 1.60. The van der Waals surface area contributed by atoms with Crippen LogP contribution in [0.4, 0.5) is 14.5 Å². The van der Waals surface area contributed by atoms with Gasteiger partial charge in [-0.05, 0) is 26.0 Å². The molecule has 0 aliphatic carbocycles. The zero-order valence-electron chi connectivity index (χ0n) is 10.7. The molecule has 0 aliphatic rings. The Morgan fingerprint density at radius 1 is 1.37 bits per heavy atom. The molecule has 1 aromatic carbocycles. The van der Waals surface area contributed by atoms with Crippen LogP contribution >= 0.6 is 0 Å². The van der Waals surface area contributed by atoms with Crippen LogP contribution in [0.5, 0.6) is 0 Å². The molecule has 6 heteroatoms. The number of nitrogens with zero attached hydrogens (tertiary/aromatic N) is 2. The van der Waals surface area contributed by atoms with Crippen LogP contribution in [0.15, 0.2) is 12.1 Å². The summed E-state index contributed by atoms with van der Waals surface area (Å²) in [6.45, 7) is 3.72. The van der Waals surface area contributed by atoms with Crippen molar-refractivity contribution >= 4 is 11.7 Å². The Bertz CT molecular complexity index is 512. The molecule has 0 unspecified atom stereocenters. The highest BCUT2D eigenvalue weighted by Crippen LogP contribution is 2.23. The second-order valence-electron chi connectivity index (χ2n) is 3.69. The molecule has 0 radical (unpaired) electrons. The zero-order chi connectivity index (χ0) is 14.4. The predicted octanol–water partition coefficient (Wildman–Crippen LogP) is 2.23. The number of carbonyl (C=O) groups excluding carboxylic acids is 1. The maximum atomic E-state index is 13.8. The first-order valence-electron chi connectivity index (χ1n) is 5.83. The number of benzene rings is 1. The van der Waals surface area contributed by atoms with Crippen molar-refractivity contribution in [1.29, 1.82) is 5.26 Å². The van der Waals surface area contributed by atoms with Crippen LogP contribution in [0.1, 0.15) is 19.4 Å². The number of esters is 1. The molecule has 102 valence electrons. The van der Waals surface area contributed by atoms with E-state index in [1.807, 2.05) is 0 Å². The number of rotatable bonds is 5. The minimum Gasteiger partial charge on any atom is -0.465 e. The summed E-state index contributed by atoms with van der Waals surface area (Å²) in [6, 6.07) is 4.02. The van der Waals surface area contributed by atoms with Gasteiger partial charge in [0.25, 0.3) is 0 Å². The maximum absolute atomic E-state index is 13.8. The molecule has 0 amide bonds. The summed E-state index contributed by atoms with van der Waals surface area (Å²) in [5.41, 5.74) is -0.430. The molecule has 0 N–H and O–H groups in total. The number of carbonyl (C=O) groups is 1. The van der Waals surface area contributed by atoms with Crippen molar-refractivity contribution in [2.45, 2.75) is 13.8 Å². The molecule has 19 heavy (non-hydrogen) atoms. The Balaban J connectivity index is 3.03. The van der Waals surface area contributed by atoms with E-state index in [0.717, 1.165) is 0 Å². The minimum atomic E-state index is -1.21. The summed E-state index contributed by atoms with van der Waals surface area (Å²) in [5, 5.41) is 8.60. The van der Waals surface area contributed by atoms with Crippen molar-refractivity contribution in [2.75, 3.05) is 24.6 Å². The first-order chi connectivity index (χ1) is 9.04. The van der Waals surface area contributed by atoms with E-state index >= 15 is 0 Å². The third kappa shape index (κ3) is 3.41.